The Bertz CT molecular complexity index is 803. The predicted octanol–water partition coefficient (Wildman–Crippen LogP) is 2.62. The molecule has 1 aromatic heterocycles. The Balaban J connectivity index is 2.06. The van der Waals surface area contributed by atoms with Crippen molar-refractivity contribution in [2.24, 2.45) is 0 Å². The lowest BCUT2D eigenvalue weighted by molar-refractivity contribution is -0.153. The van der Waals surface area contributed by atoms with Gasteiger partial charge >= 0.3 is 11.9 Å². The molecule has 2 aromatic rings. The molecule has 132 valence electrons. The summed E-state index contributed by atoms with van der Waals surface area (Å²) in [6.45, 7) is 5.35. The zero-order valence-corrected chi connectivity index (χ0v) is 14.5. The molecule has 2 rings (SSSR count). The highest BCUT2D eigenvalue weighted by Crippen LogP contribution is 2.10. The summed E-state index contributed by atoms with van der Waals surface area (Å²) >= 11 is 0. The number of H-pyrrole nitrogens is 1. The van der Waals surface area contributed by atoms with E-state index in [9.17, 15) is 14.4 Å². The van der Waals surface area contributed by atoms with Crippen LogP contribution in [0.3, 0.4) is 0 Å². The van der Waals surface area contributed by atoms with Crippen molar-refractivity contribution in [2.45, 2.75) is 39.4 Å². The first-order chi connectivity index (χ1) is 11.7. The molecular formula is C19H21NO5. The van der Waals surface area contributed by atoms with E-state index in [0.29, 0.717) is 0 Å². The van der Waals surface area contributed by atoms with E-state index in [-0.39, 0.29) is 24.2 Å². The molecule has 0 aliphatic carbocycles. The molecule has 1 aromatic carbocycles. The second-order valence-electron chi connectivity index (χ2n) is 6.57. The Kier molecular flexibility index (Phi) is 5.75. The number of esters is 2. The van der Waals surface area contributed by atoms with Gasteiger partial charge in [-0.3, -0.25) is 9.59 Å². The highest BCUT2D eigenvalue weighted by atomic mass is 16.6. The molecule has 0 fully saturated rings. The Morgan fingerprint density at radius 1 is 1.12 bits per heavy atom. The lowest BCUT2D eigenvalue weighted by Crippen LogP contribution is -2.27. The van der Waals surface area contributed by atoms with Crippen molar-refractivity contribution >= 4 is 11.9 Å². The maximum absolute atomic E-state index is 12.1. The normalized spacial score (nSPS) is 11.0. The Hall–Kier alpha value is -2.89. The van der Waals surface area contributed by atoms with Crippen molar-refractivity contribution in [3.05, 3.63) is 69.6 Å². The average Bonchev–Trinajstić information content (AvgIpc) is 2.54. The molecule has 0 unspecified atom stereocenters. The number of hydrogen-bond acceptors (Lipinski definition) is 5. The topological polar surface area (TPSA) is 85.5 Å². The largest absolute Gasteiger partial charge is 0.460 e. The van der Waals surface area contributed by atoms with E-state index in [2.05, 4.69) is 4.98 Å². The molecule has 6 heteroatoms. The van der Waals surface area contributed by atoms with Crippen LogP contribution < -0.4 is 5.56 Å². The van der Waals surface area contributed by atoms with Gasteiger partial charge in [0.2, 0.25) is 0 Å². The van der Waals surface area contributed by atoms with Crippen LogP contribution in [-0.4, -0.2) is 22.5 Å². The fraction of sp³-hybridized carbons (Fsp3) is 0.316. The van der Waals surface area contributed by atoms with E-state index in [4.69, 9.17) is 9.47 Å². The van der Waals surface area contributed by atoms with Crippen molar-refractivity contribution < 1.29 is 19.1 Å². The molecule has 0 spiro atoms. The van der Waals surface area contributed by atoms with Gasteiger partial charge in [-0.25, -0.2) is 4.79 Å². The van der Waals surface area contributed by atoms with Crippen LogP contribution in [0.4, 0.5) is 0 Å². The molecule has 0 amide bonds. The van der Waals surface area contributed by atoms with Crippen LogP contribution in [0.15, 0.2) is 47.4 Å². The molecule has 1 N–H and O–H groups in total. The standard InChI is InChI=1S/C19H21NO5/c1-19(2,3)25-16(21)10-14-9-15(11-20-17(14)22)18(23)24-12-13-7-5-4-6-8-13/h4-9,11H,10,12H2,1-3H3,(H,20,22). The number of benzene rings is 1. The molecule has 0 radical (unpaired) electrons. The van der Waals surface area contributed by atoms with E-state index < -0.39 is 23.1 Å². The number of nitrogens with one attached hydrogen (secondary N) is 1. The smallest absolute Gasteiger partial charge is 0.339 e. The summed E-state index contributed by atoms with van der Waals surface area (Å²) in [5.41, 5.74) is 0.105. The van der Waals surface area contributed by atoms with Crippen LogP contribution in [0, 0.1) is 0 Å². The van der Waals surface area contributed by atoms with Gasteiger partial charge in [-0.2, -0.15) is 0 Å². The summed E-state index contributed by atoms with van der Waals surface area (Å²) in [6.07, 6.45) is 1.06. The van der Waals surface area contributed by atoms with E-state index in [1.54, 1.807) is 20.8 Å². The second kappa shape index (κ2) is 7.79. The van der Waals surface area contributed by atoms with E-state index in [0.717, 1.165) is 5.56 Å². The van der Waals surface area contributed by atoms with Crippen molar-refractivity contribution in [1.29, 1.82) is 0 Å². The number of ether oxygens (including phenoxy) is 2. The number of carbonyl (C=O) groups is 2. The van der Waals surface area contributed by atoms with Crippen molar-refractivity contribution in [1.82, 2.24) is 4.98 Å². The molecule has 6 nitrogen and oxygen atoms in total. The van der Waals surface area contributed by atoms with Crippen LogP contribution in [0.5, 0.6) is 0 Å². The first-order valence-corrected chi connectivity index (χ1v) is 7.89. The van der Waals surface area contributed by atoms with Gasteiger partial charge in [0.1, 0.15) is 12.2 Å². The third-order valence-electron chi connectivity index (χ3n) is 3.18. The zero-order valence-electron chi connectivity index (χ0n) is 14.5. The van der Waals surface area contributed by atoms with E-state index in [1.807, 2.05) is 30.3 Å². The number of rotatable bonds is 5. The van der Waals surface area contributed by atoms with Crippen LogP contribution in [0.25, 0.3) is 0 Å². The number of pyridine rings is 1. The van der Waals surface area contributed by atoms with Gasteiger partial charge in [0.25, 0.3) is 5.56 Å². The SMILES string of the molecule is CC(C)(C)OC(=O)Cc1cc(C(=O)OCc2ccccc2)c[nH]c1=O. The Morgan fingerprint density at radius 3 is 2.44 bits per heavy atom. The molecule has 0 saturated carbocycles. The lowest BCUT2D eigenvalue weighted by atomic mass is 10.1. The summed E-state index contributed by atoms with van der Waals surface area (Å²) in [4.78, 5) is 38.3. The lowest BCUT2D eigenvalue weighted by Gasteiger charge is -2.19. The average molecular weight is 343 g/mol. The number of hydrogen-bond donors (Lipinski definition) is 1. The second-order valence-corrected chi connectivity index (χ2v) is 6.57. The summed E-state index contributed by atoms with van der Waals surface area (Å²) in [5, 5.41) is 0. The first-order valence-electron chi connectivity index (χ1n) is 7.89. The summed E-state index contributed by atoms with van der Waals surface area (Å²) in [7, 11) is 0. The van der Waals surface area contributed by atoms with Gasteiger partial charge in [-0.1, -0.05) is 30.3 Å². The maximum Gasteiger partial charge on any atom is 0.339 e. The zero-order chi connectivity index (χ0) is 18.4. The monoisotopic (exact) mass is 343 g/mol. The highest BCUT2D eigenvalue weighted by Gasteiger charge is 2.19. The fourth-order valence-corrected chi connectivity index (χ4v) is 2.12. The molecule has 0 saturated heterocycles. The minimum Gasteiger partial charge on any atom is -0.460 e. The molecule has 0 bridgehead atoms. The molecular weight excluding hydrogens is 322 g/mol. The predicted molar refractivity (Wildman–Crippen MR) is 92.2 cm³/mol. The van der Waals surface area contributed by atoms with E-state index in [1.165, 1.54) is 12.3 Å². The van der Waals surface area contributed by atoms with Gasteiger partial charge in [0, 0.05) is 11.8 Å². The molecule has 0 atom stereocenters. The first kappa shape index (κ1) is 18.4. The number of carbonyl (C=O) groups excluding carboxylic acids is 2. The van der Waals surface area contributed by atoms with Crippen LogP contribution in [0.1, 0.15) is 42.3 Å². The molecule has 1 heterocycles. The third-order valence-corrected chi connectivity index (χ3v) is 3.18. The number of aromatic nitrogens is 1. The van der Waals surface area contributed by atoms with Gasteiger partial charge in [-0.05, 0) is 32.4 Å². The minimum atomic E-state index is -0.643. The van der Waals surface area contributed by atoms with Crippen LogP contribution in [-0.2, 0) is 27.3 Å². The minimum absolute atomic E-state index is 0.125. The Labute approximate surface area is 145 Å². The van der Waals surface area contributed by atoms with Gasteiger partial charge in [0.05, 0.1) is 12.0 Å². The van der Waals surface area contributed by atoms with E-state index >= 15 is 0 Å². The Morgan fingerprint density at radius 2 is 1.80 bits per heavy atom. The maximum atomic E-state index is 12.1. The van der Waals surface area contributed by atoms with Crippen molar-refractivity contribution in [2.75, 3.05) is 0 Å². The van der Waals surface area contributed by atoms with Crippen LogP contribution >= 0.6 is 0 Å². The quantitative estimate of drug-likeness (QED) is 0.844. The summed E-state index contributed by atoms with van der Waals surface area (Å²) in [5.74, 6) is -1.11. The van der Waals surface area contributed by atoms with Gasteiger partial charge < -0.3 is 14.5 Å². The summed E-state index contributed by atoms with van der Waals surface area (Å²) < 4.78 is 10.4. The molecule has 0 aliphatic rings. The fourth-order valence-electron chi connectivity index (χ4n) is 2.12. The van der Waals surface area contributed by atoms with Crippen LogP contribution in [0.2, 0.25) is 0 Å². The third kappa shape index (κ3) is 5.91. The molecule has 25 heavy (non-hydrogen) atoms. The van der Waals surface area contributed by atoms with Gasteiger partial charge in [-0.15, -0.1) is 0 Å². The molecule has 0 aliphatic heterocycles. The highest BCUT2D eigenvalue weighted by molar-refractivity contribution is 5.89. The number of aromatic amines is 1. The summed E-state index contributed by atoms with van der Waals surface area (Å²) in [6, 6.07) is 10.6. The van der Waals surface area contributed by atoms with Crippen molar-refractivity contribution in [3.63, 3.8) is 0 Å². The van der Waals surface area contributed by atoms with Crippen molar-refractivity contribution in [3.8, 4) is 0 Å². The van der Waals surface area contributed by atoms with Gasteiger partial charge in [0.15, 0.2) is 0 Å².